The summed E-state index contributed by atoms with van der Waals surface area (Å²) in [6, 6.07) is 9.17. The monoisotopic (exact) mass is 504 g/mol. The molecule has 2 aromatic rings. The lowest BCUT2D eigenvalue weighted by molar-refractivity contribution is -0.140. The molecule has 1 aliphatic rings. The molecule has 1 aliphatic heterocycles. The highest BCUT2D eigenvalue weighted by Gasteiger charge is 2.46. The van der Waals surface area contributed by atoms with Gasteiger partial charge in [-0.2, -0.15) is 0 Å². The second-order valence-electron chi connectivity index (χ2n) is 7.56. The fraction of sp³-hybridized carbons (Fsp3) is 0.333. The van der Waals surface area contributed by atoms with Crippen LogP contribution >= 0.6 is 15.9 Å². The molecule has 8 heteroatoms. The number of hydrogen-bond acceptors (Lipinski definition) is 5. The summed E-state index contributed by atoms with van der Waals surface area (Å²) in [6.45, 7) is 6.73. The molecule has 6 nitrogen and oxygen atoms in total. The van der Waals surface area contributed by atoms with Gasteiger partial charge in [0.25, 0.3) is 11.7 Å². The van der Waals surface area contributed by atoms with Crippen LogP contribution in [0.25, 0.3) is 5.76 Å². The SMILES string of the molecule is CCN(CC)CCCN1C(=O)C(=O)C(=C(O)c2cc(Br)ccc2O)C1c1ccccc1F. The minimum absolute atomic E-state index is 0.0122. The number of aliphatic hydroxyl groups is 1. The third-order valence-electron chi connectivity index (χ3n) is 5.72. The number of phenols is 1. The van der Waals surface area contributed by atoms with Crippen LogP contribution in [0.2, 0.25) is 0 Å². The van der Waals surface area contributed by atoms with E-state index in [0.717, 1.165) is 13.1 Å². The standard InChI is InChI=1S/C24H26BrFN2O4/c1-3-27(4-2)12-7-13-28-21(16-8-5-6-9-18(16)26)20(23(31)24(28)32)22(30)17-14-15(25)10-11-19(17)29/h5-6,8-11,14,21,29-30H,3-4,7,12-13H2,1-2H3. The van der Waals surface area contributed by atoms with Crippen molar-refractivity contribution in [3.05, 3.63) is 69.5 Å². The van der Waals surface area contributed by atoms with E-state index in [1.807, 2.05) is 13.8 Å². The third-order valence-corrected chi connectivity index (χ3v) is 6.21. The Kier molecular flexibility index (Phi) is 7.69. The van der Waals surface area contributed by atoms with Crippen LogP contribution in [-0.4, -0.2) is 57.9 Å². The summed E-state index contributed by atoms with van der Waals surface area (Å²) in [5, 5.41) is 21.3. The number of ketones is 1. The summed E-state index contributed by atoms with van der Waals surface area (Å²) in [5.74, 6) is -3.09. The largest absolute Gasteiger partial charge is 0.507 e. The average Bonchev–Trinajstić information content (AvgIpc) is 3.03. The molecule has 1 saturated heterocycles. The van der Waals surface area contributed by atoms with Crippen LogP contribution in [0.1, 0.15) is 37.4 Å². The van der Waals surface area contributed by atoms with Crippen LogP contribution in [0.5, 0.6) is 5.75 Å². The minimum Gasteiger partial charge on any atom is -0.507 e. The molecule has 2 aromatic carbocycles. The number of carbonyl (C=O) groups is 2. The van der Waals surface area contributed by atoms with Gasteiger partial charge in [-0.25, -0.2) is 4.39 Å². The van der Waals surface area contributed by atoms with Crippen LogP contribution < -0.4 is 0 Å². The molecule has 0 spiro atoms. The van der Waals surface area contributed by atoms with E-state index in [1.54, 1.807) is 12.1 Å². The van der Waals surface area contributed by atoms with Gasteiger partial charge in [0, 0.05) is 16.6 Å². The number of Topliss-reactive ketones (excluding diaryl/α,β-unsaturated/α-hetero) is 1. The van der Waals surface area contributed by atoms with Crippen molar-refractivity contribution in [2.24, 2.45) is 0 Å². The molecule has 3 rings (SSSR count). The lowest BCUT2D eigenvalue weighted by atomic mass is 9.94. The number of phenolic OH excluding ortho intramolecular Hbond substituents is 1. The van der Waals surface area contributed by atoms with Gasteiger partial charge < -0.3 is 20.0 Å². The van der Waals surface area contributed by atoms with Gasteiger partial charge >= 0.3 is 0 Å². The first kappa shape index (κ1) is 23.9. The number of benzene rings is 2. The van der Waals surface area contributed by atoms with Crippen molar-refractivity contribution in [1.82, 2.24) is 9.80 Å². The quantitative estimate of drug-likeness (QED) is 0.315. The smallest absolute Gasteiger partial charge is 0.295 e. The number of nitrogens with zero attached hydrogens (tertiary/aromatic N) is 2. The summed E-state index contributed by atoms with van der Waals surface area (Å²) in [4.78, 5) is 29.4. The number of halogens is 2. The Morgan fingerprint density at radius 2 is 1.84 bits per heavy atom. The molecule has 2 N–H and O–H groups in total. The first-order valence-electron chi connectivity index (χ1n) is 10.5. The van der Waals surface area contributed by atoms with Crippen molar-refractivity contribution >= 4 is 33.4 Å². The second kappa shape index (κ2) is 10.3. The predicted molar refractivity (Wildman–Crippen MR) is 124 cm³/mol. The zero-order valence-electron chi connectivity index (χ0n) is 18.0. The molecule has 170 valence electrons. The van der Waals surface area contributed by atoms with E-state index in [2.05, 4.69) is 20.8 Å². The molecule has 0 aliphatic carbocycles. The summed E-state index contributed by atoms with van der Waals surface area (Å²) in [5.41, 5.74) is -0.135. The predicted octanol–water partition coefficient (Wildman–Crippen LogP) is 4.45. The van der Waals surface area contributed by atoms with Crippen LogP contribution in [0, 0.1) is 5.82 Å². The van der Waals surface area contributed by atoms with Gasteiger partial charge in [0.05, 0.1) is 17.2 Å². The topological polar surface area (TPSA) is 81.1 Å². The van der Waals surface area contributed by atoms with Gasteiger partial charge in [-0.15, -0.1) is 0 Å². The summed E-state index contributed by atoms with van der Waals surface area (Å²) in [7, 11) is 0. The van der Waals surface area contributed by atoms with Crippen LogP contribution in [0.15, 0.2) is 52.5 Å². The first-order valence-corrected chi connectivity index (χ1v) is 11.3. The Bertz CT molecular complexity index is 1050. The Hall–Kier alpha value is -2.71. The van der Waals surface area contributed by atoms with Gasteiger partial charge in [-0.3, -0.25) is 9.59 Å². The second-order valence-corrected chi connectivity index (χ2v) is 8.47. The molecule has 0 aromatic heterocycles. The molecule has 1 amide bonds. The maximum atomic E-state index is 14.8. The molecule has 1 fully saturated rings. The van der Waals surface area contributed by atoms with Gasteiger partial charge in [0.1, 0.15) is 17.3 Å². The van der Waals surface area contributed by atoms with Crippen molar-refractivity contribution in [1.29, 1.82) is 0 Å². The maximum absolute atomic E-state index is 14.8. The Morgan fingerprint density at radius 1 is 1.16 bits per heavy atom. The Morgan fingerprint density at radius 3 is 2.50 bits per heavy atom. The molecule has 0 saturated carbocycles. The molecular formula is C24H26BrFN2O4. The Balaban J connectivity index is 2.09. The van der Waals surface area contributed by atoms with Crippen molar-refractivity contribution < 1.29 is 24.2 Å². The molecule has 1 heterocycles. The molecular weight excluding hydrogens is 479 g/mol. The lowest BCUT2D eigenvalue weighted by Crippen LogP contribution is -2.33. The highest BCUT2D eigenvalue weighted by atomic mass is 79.9. The fourth-order valence-corrected chi connectivity index (χ4v) is 4.34. The molecule has 0 radical (unpaired) electrons. The number of hydrogen-bond donors (Lipinski definition) is 2. The van der Waals surface area contributed by atoms with Crippen LogP contribution in [0.3, 0.4) is 0 Å². The van der Waals surface area contributed by atoms with Gasteiger partial charge in [-0.05, 0) is 50.3 Å². The normalized spacial score (nSPS) is 18.0. The number of carbonyl (C=O) groups excluding carboxylic acids is 2. The molecule has 0 bridgehead atoms. The maximum Gasteiger partial charge on any atom is 0.295 e. The number of aromatic hydroxyl groups is 1. The van der Waals surface area contributed by atoms with E-state index in [9.17, 15) is 24.2 Å². The van der Waals surface area contributed by atoms with E-state index in [-0.39, 0.29) is 29.0 Å². The summed E-state index contributed by atoms with van der Waals surface area (Å²) < 4.78 is 15.4. The van der Waals surface area contributed by atoms with E-state index in [4.69, 9.17) is 0 Å². The van der Waals surface area contributed by atoms with E-state index in [0.29, 0.717) is 17.4 Å². The number of likely N-dealkylation sites (tertiary alicyclic amines) is 1. The lowest BCUT2D eigenvalue weighted by Gasteiger charge is -2.27. The van der Waals surface area contributed by atoms with E-state index < -0.39 is 29.3 Å². The third kappa shape index (κ3) is 4.71. The number of aliphatic hydroxyl groups excluding tert-OH is 1. The van der Waals surface area contributed by atoms with Crippen LogP contribution in [-0.2, 0) is 9.59 Å². The summed E-state index contributed by atoms with van der Waals surface area (Å²) >= 11 is 3.27. The molecule has 1 unspecified atom stereocenters. The minimum atomic E-state index is -1.09. The molecule has 32 heavy (non-hydrogen) atoms. The van der Waals surface area contributed by atoms with Gasteiger partial charge in [0.2, 0.25) is 0 Å². The number of rotatable bonds is 8. The van der Waals surface area contributed by atoms with Gasteiger partial charge in [0.15, 0.2) is 0 Å². The van der Waals surface area contributed by atoms with Crippen molar-refractivity contribution in [3.63, 3.8) is 0 Å². The number of amides is 1. The highest BCUT2D eigenvalue weighted by molar-refractivity contribution is 9.10. The zero-order valence-corrected chi connectivity index (χ0v) is 19.6. The van der Waals surface area contributed by atoms with Crippen molar-refractivity contribution in [3.8, 4) is 5.75 Å². The van der Waals surface area contributed by atoms with Crippen LogP contribution in [0.4, 0.5) is 4.39 Å². The van der Waals surface area contributed by atoms with Crippen molar-refractivity contribution in [2.45, 2.75) is 26.3 Å². The molecule has 1 atom stereocenters. The Labute approximate surface area is 195 Å². The van der Waals surface area contributed by atoms with E-state index in [1.165, 1.54) is 35.2 Å². The van der Waals surface area contributed by atoms with E-state index >= 15 is 0 Å². The fourth-order valence-electron chi connectivity index (χ4n) is 3.98. The first-order chi connectivity index (χ1) is 15.3. The van der Waals surface area contributed by atoms with Gasteiger partial charge in [-0.1, -0.05) is 48.0 Å². The zero-order chi connectivity index (χ0) is 23.4. The summed E-state index contributed by atoms with van der Waals surface area (Å²) in [6.07, 6.45) is 0.585. The highest BCUT2D eigenvalue weighted by Crippen LogP contribution is 2.42. The van der Waals surface area contributed by atoms with Crippen molar-refractivity contribution in [2.75, 3.05) is 26.2 Å². The average molecular weight is 505 g/mol.